The summed E-state index contributed by atoms with van der Waals surface area (Å²) in [6.45, 7) is 3.27. The predicted octanol–water partition coefficient (Wildman–Crippen LogP) is 5.48. The number of hydrogen-bond donors (Lipinski definition) is 0. The lowest BCUT2D eigenvalue weighted by molar-refractivity contribution is 0.0316. The topological polar surface area (TPSA) is 9.23 Å². The van der Waals surface area contributed by atoms with Gasteiger partial charge in [0.15, 0.2) is 0 Å². The average Bonchev–Trinajstić information content (AvgIpc) is 2.57. The maximum absolute atomic E-state index is 14.6. The fourth-order valence-corrected chi connectivity index (χ4v) is 2.78. The maximum Gasteiger partial charge on any atom is 0.107 e. The quantitative estimate of drug-likeness (QED) is 0.728. The lowest BCUT2D eigenvalue weighted by Gasteiger charge is -2.32. The van der Waals surface area contributed by atoms with Crippen LogP contribution in [0.15, 0.2) is 60.4 Å². The van der Waals surface area contributed by atoms with E-state index < -0.39 is 0 Å². The van der Waals surface area contributed by atoms with E-state index in [1.807, 2.05) is 49.4 Å². The molecule has 0 amide bonds. The molecule has 0 N–H and O–H groups in total. The Morgan fingerprint density at radius 1 is 0.955 bits per heavy atom. The molecule has 2 aromatic carbocycles. The third-order valence-electron chi connectivity index (χ3n) is 4.48. The van der Waals surface area contributed by atoms with E-state index in [2.05, 4.69) is 12.1 Å². The van der Waals surface area contributed by atoms with Crippen LogP contribution in [-0.2, 0) is 4.74 Å². The van der Waals surface area contributed by atoms with Crippen LogP contribution in [-0.4, -0.2) is 13.2 Å². The molecule has 3 rings (SSSR count). The molecule has 0 atom stereocenters. The van der Waals surface area contributed by atoms with E-state index >= 15 is 0 Å². The molecule has 1 aliphatic rings. The van der Waals surface area contributed by atoms with Gasteiger partial charge >= 0.3 is 0 Å². The lowest BCUT2D eigenvalue weighted by Crippen LogP contribution is -2.27. The average molecular weight is 296 g/mol. The minimum absolute atomic E-state index is 0.0386. The summed E-state index contributed by atoms with van der Waals surface area (Å²) < 4.78 is 19.9. The van der Waals surface area contributed by atoms with Crippen molar-refractivity contribution in [3.8, 4) is 11.1 Å². The second-order valence-corrected chi connectivity index (χ2v) is 6.15. The Balaban J connectivity index is 1.79. The molecule has 0 aromatic heterocycles. The zero-order valence-electron chi connectivity index (χ0n) is 12.9. The molecule has 0 bridgehead atoms. The first-order chi connectivity index (χ1) is 10.7. The molecule has 1 aliphatic heterocycles. The first kappa shape index (κ1) is 15.0. The highest BCUT2D eigenvalue weighted by Crippen LogP contribution is 2.39. The molecular weight excluding hydrogens is 275 g/mol. The van der Waals surface area contributed by atoms with E-state index in [1.54, 1.807) is 6.08 Å². The first-order valence-corrected chi connectivity index (χ1v) is 7.78. The molecule has 2 heteroatoms. The second-order valence-electron chi connectivity index (χ2n) is 6.15. The molecule has 1 fully saturated rings. The van der Waals surface area contributed by atoms with Crippen LogP contribution in [0.1, 0.15) is 25.3 Å². The van der Waals surface area contributed by atoms with E-state index in [-0.39, 0.29) is 11.2 Å². The van der Waals surface area contributed by atoms with Crippen LogP contribution in [0.5, 0.6) is 0 Å². The van der Waals surface area contributed by atoms with E-state index in [0.717, 1.165) is 24.0 Å². The number of rotatable bonds is 3. The van der Waals surface area contributed by atoms with Gasteiger partial charge in [-0.15, -0.1) is 0 Å². The molecule has 0 unspecified atom stereocenters. The Kier molecular flexibility index (Phi) is 4.39. The summed E-state index contributed by atoms with van der Waals surface area (Å²) in [6.07, 6.45) is 3.16. The Hall–Kier alpha value is -1.93. The number of halogens is 1. The predicted molar refractivity (Wildman–Crippen MR) is 89.1 cm³/mol. The molecule has 0 saturated carbocycles. The number of allylic oxidation sites excluding steroid dienone is 1. The van der Waals surface area contributed by atoms with Crippen molar-refractivity contribution in [2.24, 2.45) is 5.41 Å². The van der Waals surface area contributed by atoms with Crippen molar-refractivity contribution in [1.29, 1.82) is 0 Å². The minimum Gasteiger partial charge on any atom is -0.381 e. The third-order valence-corrected chi connectivity index (χ3v) is 4.48. The van der Waals surface area contributed by atoms with Crippen LogP contribution in [0.4, 0.5) is 4.39 Å². The fraction of sp³-hybridized carbons (Fsp3) is 0.300. The minimum atomic E-state index is -0.379. The van der Waals surface area contributed by atoms with Crippen molar-refractivity contribution in [2.45, 2.75) is 19.8 Å². The van der Waals surface area contributed by atoms with Crippen molar-refractivity contribution in [2.75, 3.05) is 13.2 Å². The zero-order chi connectivity index (χ0) is 15.4. The normalized spacial score (nSPS) is 18.2. The van der Waals surface area contributed by atoms with Crippen molar-refractivity contribution in [3.05, 3.63) is 66.0 Å². The summed E-state index contributed by atoms with van der Waals surface area (Å²) in [5, 5.41) is 0. The van der Waals surface area contributed by atoms with Crippen LogP contribution in [0, 0.1) is 5.41 Å². The van der Waals surface area contributed by atoms with Crippen LogP contribution in [0.3, 0.4) is 0 Å². The number of hydrogen-bond acceptors (Lipinski definition) is 1. The highest BCUT2D eigenvalue weighted by molar-refractivity contribution is 5.65. The highest BCUT2D eigenvalue weighted by atomic mass is 19.1. The van der Waals surface area contributed by atoms with E-state index in [0.29, 0.717) is 13.2 Å². The summed E-state index contributed by atoms with van der Waals surface area (Å²) in [4.78, 5) is 0. The van der Waals surface area contributed by atoms with Crippen LogP contribution in [0.25, 0.3) is 17.2 Å². The van der Waals surface area contributed by atoms with Gasteiger partial charge in [-0.2, -0.15) is 0 Å². The molecule has 22 heavy (non-hydrogen) atoms. The van der Waals surface area contributed by atoms with Crippen LogP contribution in [0.2, 0.25) is 0 Å². The molecule has 1 heterocycles. The Labute approximate surface area is 131 Å². The molecule has 0 radical (unpaired) electrons. The summed E-state index contributed by atoms with van der Waals surface area (Å²) in [7, 11) is 0. The van der Waals surface area contributed by atoms with Crippen LogP contribution < -0.4 is 0 Å². The fourth-order valence-electron chi connectivity index (χ4n) is 2.78. The molecule has 1 saturated heterocycles. The summed E-state index contributed by atoms with van der Waals surface area (Å²) in [5.41, 5.74) is 2.85. The molecule has 0 aliphatic carbocycles. The van der Waals surface area contributed by atoms with E-state index in [9.17, 15) is 4.39 Å². The van der Waals surface area contributed by atoms with Gasteiger partial charge in [0.1, 0.15) is 5.83 Å². The van der Waals surface area contributed by atoms with Crippen molar-refractivity contribution in [1.82, 2.24) is 0 Å². The van der Waals surface area contributed by atoms with Crippen molar-refractivity contribution in [3.63, 3.8) is 0 Å². The smallest absolute Gasteiger partial charge is 0.107 e. The van der Waals surface area contributed by atoms with Crippen molar-refractivity contribution >= 4 is 6.08 Å². The Morgan fingerprint density at radius 2 is 1.55 bits per heavy atom. The molecule has 114 valence electrons. The SMILES string of the molecule is CC1(/C(F)=C\c2ccc(-c3ccccc3)cc2)CCOCC1. The highest BCUT2D eigenvalue weighted by Gasteiger charge is 2.31. The summed E-state index contributed by atoms with van der Waals surface area (Å²) >= 11 is 0. The number of benzene rings is 2. The van der Waals surface area contributed by atoms with Gasteiger partial charge in [0.2, 0.25) is 0 Å². The lowest BCUT2D eigenvalue weighted by atomic mass is 9.80. The third kappa shape index (κ3) is 3.28. The van der Waals surface area contributed by atoms with Gasteiger partial charge in [-0.1, -0.05) is 61.5 Å². The van der Waals surface area contributed by atoms with Gasteiger partial charge in [0.05, 0.1) is 0 Å². The molecule has 0 spiro atoms. The van der Waals surface area contributed by atoms with Crippen LogP contribution >= 0.6 is 0 Å². The molecular formula is C20H21FO. The molecule has 2 aromatic rings. The van der Waals surface area contributed by atoms with Crippen molar-refractivity contribution < 1.29 is 9.13 Å². The van der Waals surface area contributed by atoms with Gasteiger partial charge < -0.3 is 4.74 Å². The Bertz CT molecular complexity index is 637. The molecule has 1 nitrogen and oxygen atoms in total. The second kappa shape index (κ2) is 6.45. The van der Waals surface area contributed by atoms with Gasteiger partial charge in [0, 0.05) is 18.6 Å². The van der Waals surface area contributed by atoms with Gasteiger partial charge in [0.25, 0.3) is 0 Å². The van der Waals surface area contributed by atoms with E-state index in [4.69, 9.17) is 4.74 Å². The summed E-state index contributed by atoms with van der Waals surface area (Å²) in [6, 6.07) is 18.2. The maximum atomic E-state index is 14.6. The number of ether oxygens (including phenoxy) is 1. The van der Waals surface area contributed by atoms with Gasteiger partial charge in [-0.3, -0.25) is 0 Å². The monoisotopic (exact) mass is 296 g/mol. The first-order valence-electron chi connectivity index (χ1n) is 7.78. The van der Waals surface area contributed by atoms with Gasteiger partial charge in [-0.25, -0.2) is 4.39 Å². The standard InChI is InChI=1S/C20H21FO/c1-20(11-13-22-14-12-20)19(21)15-16-7-9-18(10-8-16)17-5-3-2-4-6-17/h2-10,15H,11-14H2,1H3/b19-15+. The van der Waals surface area contributed by atoms with Gasteiger partial charge in [-0.05, 0) is 35.6 Å². The largest absolute Gasteiger partial charge is 0.381 e. The summed E-state index contributed by atoms with van der Waals surface area (Å²) in [5.74, 6) is -0.0386. The Morgan fingerprint density at radius 3 is 2.18 bits per heavy atom. The zero-order valence-corrected chi connectivity index (χ0v) is 12.9. The van der Waals surface area contributed by atoms with E-state index in [1.165, 1.54) is 5.56 Å².